The zero-order chi connectivity index (χ0) is 35.0. The first-order valence-electron chi connectivity index (χ1n) is 15.8. The van der Waals surface area contributed by atoms with Gasteiger partial charge in [0.15, 0.2) is 0 Å². The van der Waals surface area contributed by atoms with Crippen molar-refractivity contribution in [3.63, 3.8) is 0 Å². The van der Waals surface area contributed by atoms with E-state index in [-0.39, 0.29) is 23.0 Å². The molecule has 46 heavy (non-hydrogen) atoms. The Morgan fingerprint density at radius 3 is 1.50 bits per heavy atom. The Morgan fingerprint density at radius 2 is 1.07 bits per heavy atom. The summed E-state index contributed by atoms with van der Waals surface area (Å²) in [7, 11) is 2.83. The highest BCUT2D eigenvalue weighted by Gasteiger charge is 2.33. The summed E-state index contributed by atoms with van der Waals surface area (Å²) >= 11 is 0. The summed E-state index contributed by atoms with van der Waals surface area (Å²) in [5.74, 6) is -2.07. The van der Waals surface area contributed by atoms with Gasteiger partial charge in [0.1, 0.15) is 23.3 Å². The summed E-state index contributed by atoms with van der Waals surface area (Å²) in [6, 6.07) is 9.65. The first-order valence-corrected chi connectivity index (χ1v) is 17.9. The Balaban J connectivity index is 2.63. The molecule has 0 aliphatic carbocycles. The van der Waals surface area contributed by atoms with Crippen LogP contribution in [0.25, 0.3) is 0 Å². The summed E-state index contributed by atoms with van der Waals surface area (Å²) in [6.45, 7) is 22.2. The van der Waals surface area contributed by atoms with Crippen molar-refractivity contribution in [3.05, 3.63) is 58.7 Å². The minimum Gasteiger partial charge on any atom is -0.458 e. The fourth-order valence-corrected chi connectivity index (χ4v) is 7.02. The van der Waals surface area contributed by atoms with Gasteiger partial charge in [0, 0.05) is 9.79 Å². The summed E-state index contributed by atoms with van der Waals surface area (Å²) in [5, 5.41) is 5.76. The quantitative estimate of drug-likeness (QED) is 0.162. The van der Waals surface area contributed by atoms with Gasteiger partial charge in [0.05, 0.1) is 11.1 Å². The molecule has 2 aromatic rings. The van der Waals surface area contributed by atoms with Crippen molar-refractivity contribution < 1.29 is 28.7 Å². The predicted molar refractivity (Wildman–Crippen MR) is 187 cm³/mol. The molecule has 0 spiro atoms. The molecule has 8 nitrogen and oxygen atoms in total. The molecule has 2 N–H and O–H groups in total. The van der Waals surface area contributed by atoms with E-state index in [4.69, 9.17) is 9.47 Å². The highest BCUT2D eigenvalue weighted by molar-refractivity contribution is 8.76. The van der Waals surface area contributed by atoms with Gasteiger partial charge in [-0.25, -0.2) is 9.59 Å². The van der Waals surface area contributed by atoms with Crippen molar-refractivity contribution >= 4 is 45.3 Å². The maximum atomic E-state index is 14.3. The van der Waals surface area contributed by atoms with E-state index in [0.717, 1.165) is 10.5 Å². The van der Waals surface area contributed by atoms with Gasteiger partial charge in [0.2, 0.25) is 0 Å². The molecular weight excluding hydrogens is 621 g/mol. The van der Waals surface area contributed by atoms with Crippen LogP contribution in [-0.4, -0.2) is 47.0 Å². The number of hydrogen-bond acceptors (Lipinski definition) is 8. The molecule has 2 amide bonds. The van der Waals surface area contributed by atoms with Crippen molar-refractivity contribution in [3.8, 4) is 0 Å². The number of rotatable bonds is 13. The van der Waals surface area contributed by atoms with E-state index >= 15 is 0 Å². The van der Waals surface area contributed by atoms with Crippen LogP contribution in [0.1, 0.15) is 114 Å². The van der Waals surface area contributed by atoms with Crippen molar-refractivity contribution in [1.82, 2.24) is 10.6 Å². The first-order chi connectivity index (χ1) is 21.2. The summed E-state index contributed by atoms with van der Waals surface area (Å²) < 4.78 is 11.3. The zero-order valence-electron chi connectivity index (χ0n) is 29.5. The highest BCUT2D eigenvalue weighted by atomic mass is 33.1. The molecule has 0 aliphatic rings. The van der Waals surface area contributed by atoms with E-state index in [1.165, 1.54) is 21.6 Å². The zero-order valence-corrected chi connectivity index (χ0v) is 31.1. The second kappa shape index (κ2) is 16.7. The maximum absolute atomic E-state index is 14.3. The Hall–Kier alpha value is -2.98. The van der Waals surface area contributed by atoms with E-state index in [1.54, 1.807) is 60.6 Å². The van der Waals surface area contributed by atoms with Gasteiger partial charge in [-0.2, -0.15) is 0 Å². The van der Waals surface area contributed by atoms with Gasteiger partial charge in [-0.15, -0.1) is 0 Å². The van der Waals surface area contributed by atoms with Crippen molar-refractivity contribution in [1.29, 1.82) is 0 Å². The lowest BCUT2D eigenvalue weighted by Gasteiger charge is -2.27. The SMILES string of the molecule is Cc1ccccc1SSc1ccc(C)c(C(=O)NC(CC(C)C)C(=O)OC(C)(C)C)c1C(=O)NC(CC(C)C)C(=O)OC(C)(C)C. The monoisotopic (exact) mass is 672 g/mol. The molecule has 0 aliphatic heterocycles. The average Bonchev–Trinajstić information content (AvgIpc) is 2.89. The lowest BCUT2D eigenvalue weighted by atomic mass is 9.97. The van der Waals surface area contributed by atoms with Crippen LogP contribution < -0.4 is 10.6 Å². The fourth-order valence-electron chi connectivity index (χ4n) is 4.59. The molecule has 0 heterocycles. The predicted octanol–water partition coefficient (Wildman–Crippen LogP) is 8.08. The van der Waals surface area contributed by atoms with E-state index < -0.39 is 47.0 Å². The molecule has 0 fully saturated rings. The van der Waals surface area contributed by atoms with Crippen LogP contribution >= 0.6 is 21.6 Å². The van der Waals surface area contributed by atoms with Crippen LogP contribution in [0.5, 0.6) is 0 Å². The number of amides is 2. The third kappa shape index (κ3) is 12.7. The number of ether oxygens (including phenoxy) is 2. The van der Waals surface area contributed by atoms with Crippen LogP contribution in [0.2, 0.25) is 0 Å². The highest BCUT2D eigenvalue weighted by Crippen LogP contribution is 2.41. The van der Waals surface area contributed by atoms with Crippen LogP contribution in [-0.2, 0) is 19.1 Å². The Bertz CT molecular complexity index is 1390. The molecule has 2 unspecified atom stereocenters. The molecule has 10 heteroatoms. The second-order valence-electron chi connectivity index (χ2n) is 14.4. The number of aryl methyl sites for hydroxylation is 2. The van der Waals surface area contributed by atoms with E-state index in [0.29, 0.717) is 23.3 Å². The molecule has 0 radical (unpaired) electrons. The molecular formula is C36H52N2O6S2. The van der Waals surface area contributed by atoms with Crippen LogP contribution in [0.4, 0.5) is 0 Å². The summed E-state index contributed by atoms with van der Waals surface area (Å²) in [4.78, 5) is 56.4. The molecule has 2 atom stereocenters. The normalized spacial score (nSPS) is 13.3. The molecule has 2 aromatic carbocycles. The molecule has 2 rings (SSSR count). The third-order valence-electron chi connectivity index (χ3n) is 6.55. The average molecular weight is 673 g/mol. The van der Waals surface area contributed by atoms with Gasteiger partial charge < -0.3 is 20.1 Å². The van der Waals surface area contributed by atoms with Crippen molar-refractivity contribution in [2.75, 3.05) is 0 Å². The van der Waals surface area contributed by atoms with Gasteiger partial charge in [-0.1, -0.05) is 73.5 Å². The Labute approximate surface area is 283 Å². The second-order valence-corrected chi connectivity index (χ2v) is 16.7. The number of carbonyl (C=O) groups is 4. The van der Waals surface area contributed by atoms with E-state index in [1.807, 2.05) is 58.9 Å². The summed E-state index contributed by atoms with van der Waals surface area (Å²) in [5.41, 5.74) is 0.411. The Kier molecular flexibility index (Phi) is 14.3. The lowest BCUT2D eigenvalue weighted by Crippen LogP contribution is -2.47. The topological polar surface area (TPSA) is 111 Å². The van der Waals surface area contributed by atoms with Crippen LogP contribution in [0, 0.1) is 25.7 Å². The minimum absolute atomic E-state index is 0.0779. The molecule has 254 valence electrons. The van der Waals surface area contributed by atoms with Crippen LogP contribution in [0.15, 0.2) is 46.2 Å². The Morgan fingerprint density at radius 1 is 0.630 bits per heavy atom. The number of hydrogen-bond donors (Lipinski definition) is 2. The number of esters is 2. The molecule has 0 aromatic heterocycles. The number of carbonyl (C=O) groups excluding carboxylic acids is 4. The molecule has 0 bridgehead atoms. The van der Waals surface area contributed by atoms with Gasteiger partial charge in [0.25, 0.3) is 11.8 Å². The molecule has 0 saturated carbocycles. The largest absolute Gasteiger partial charge is 0.458 e. The number of benzene rings is 2. The van der Waals surface area contributed by atoms with Gasteiger partial charge >= 0.3 is 11.9 Å². The van der Waals surface area contributed by atoms with E-state index in [2.05, 4.69) is 10.6 Å². The smallest absolute Gasteiger partial charge is 0.329 e. The molecule has 0 saturated heterocycles. The first kappa shape index (κ1) is 39.2. The summed E-state index contributed by atoms with van der Waals surface area (Å²) in [6.07, 6.45) is 0.706. The third-order valence-corrected chi connectivity index (χ3v) is 9.12. The number of nitrogens with one attached hydrogen (secondary N) is 2. The standard InChI is InChI=1S/C36H52N2O6S2/c1-21(2)19-25(33(41)43-35(7,8)9)37-31(39)29-24(6)17-18-28(46-45-27-16-14-13-15-23(27)5)30(29)32(40)38-26(20-22(3)4)34(42)44-36(10,11)12/h13-18,21-22,25-26H,19-20H2,1-12H3,(H,37,39)(H,38,40). The van der Waals surface area contributed by atoms with Gasteiger partial charge in [-0.3, -0.25) is 9.59 Å². The van der Waals surface area contributed by atoms with Crippen molar-refractivity contribution in [2.24, 2.45) is 11.8 Å². The lowest BCUT2D eigenvalue weighted by molar-refractivity contribution is -0.158. The fraction of sp³-hybridized carbons (Fsp3) is 0.556. The van der Waals surface area contributed by atoms with E-state index in [9.17, 15) is 19.2 Å². The minimum atomic E-state index is -0.930. The maximum Gasteiger partial charge on any atom is 0.329 e. The van der Waals surface area contributed by atoms with Crippen LogP contribution in [0.3, 0.4) is 0 Å². The van der Waals surface area contributed by atoms with Crippen molar-refractivity contribution in [2.45, 2.75) is 129 Å². The van der Waals surface area contributed by atoms with Gasteiger partial charge in [-0.05, 0) is 103 Å².